The van der Waals surface area contributed by atoms with Crippen molar-refractivity contribution in [1.29, 1.82) is 0 Å². The second-order valence-electron chi connectivity index (χ2n) is 5.23. The molecule has 1 aliphatic carbocycles. The molecule has 1 unspecified atom stereocenters. The third-order valence-corrected chi connectivity index (χ3v) is 3.81. The Bertz CT molecular complexity index is 648. The summed E-state index contributed by atoms with van der Waals surface area (Å²) in [6.07, 6.45) is 3.37. The average molecular weight is 245 g/mol. The fourth-order valence-electron chi connectivity index (χ4n) is 2.57. The fraction of sp³-hybridized carbons (Fsp3) is 0.583. The Balaban J connectivity index is 1.83. The first-order chi connectivity index (χ1) is 8.81. The zero-order valence-electron chi connectivity index (χ0n) is 10.0. The van der Waals surface area contributed by atoms with Crippen LogP contribution in [0.25, 0.3) is 5.78 Å². The van der Waals surface area contributed by atoms with Crippen LogP contribution in [0.2, 0.25) is 0 Å². The van der Waals surface area contributed by atoms with Crippen LogP contribution < -0.4 is 10.9 Å². The number of fused-ring (bicyclic) bond motifs is 1. The summed E-state index contributed by atoms with van der Waals surface area (Å²) in [5, 5.41) is 6.35. The first-order valence-corrected chi connectivity index (χ1v) is 6.51. The molecule has 2 aromatic rings. The van der Waals surface area contributed by atoms with Gasteiger partial charge in [0.25, 0.3) is 11.3 Å². The normalized spacial score (nSPS) is 23.9. The first-order valence-electron chi connectivity index (χ1n) is 6.51. The van der Waals surface area contributed by atoms with E-state index in [-0.39, 0.29) is 5.56 Å². The minimum absolute atomic E-state index is 0.0544. The quantitative estimate of drug-likeness (QED) is 0.801. The molecule has 2 aliphatic rings. The molecule has 0 spiro atoms. The molecule has 2 aromatic heterocycles. The Morgan fingerprint density at radius 3 is 2.83 bits per heavy atom. The van der Waals surface area contributed by atoms with Gasteiger partial charge in [0, 0.05) is 24.4 Å². The highest BCUT2D eigenvalue weighted by Gasteiger charge is 2.28. The summed E-state index contributed by atoms with van der Waals surface area (Å²) in [5.41, 5.74) is 0.820. The monoisotopic (exact) mass is 245 g/mol. The van der Waals surface area contributed by atoms with Crippen LogP contribution in [0.1, 0.15) is 42.6 Å². The zero-order valence-corrected chi connectivity index (χ0v) is 10.0. The molecule has 1 atom stereocenters. The van der Waals surface area contributed by atoms with E-state index in [2.05, 4.69) is 20.4 Å². The second-order valence-corrected chi connectivity index (χ2v) is 5.23. The lowest BCUT2D eigenvalue weighted by Gasteiger charge is -2.06. The molecule has 6 heteroatoms. The number of nitrogens with zero attached hydrogens (tertiary/aromatic N) is 3. The Kier molecular flexibility index (Phi) is 2.08. The van der Waals surface area contributed by atoms with Crippen molar-refractivity contribution >= 4 is 5.78 Å². The third-order valence-electron chi connectivity index (χ3n) is 3.81. The van der Waals surface area contributed by atoms with E-state index in [1.54, 1.807) is 6.07 Å². The van der Waals surface area contributed by atoms with Crippen molar-refractivity contribution in [1.82, 2.24) is 24.9 Å². The first kappa shape index (κ1) is 10.3. The molecule has 0 aromatic carbocycles. The van der Waals surface area contributed by atoms with Gasteiger partial charge in [-0.1, -0.05) is 0 Å². The van der Waals surface area contributed by atoms with E-state index >= 15 is 0 Å². The van der Waals surface area contributed by atoms with Crippen LogP contribution in [0.3, 0.4) is 0 Å². The van der Waals surface area contributed by atoms with E-state index in [0.29, 0.717) is 17.6 Å². The lowest BCUT2D eigenvalue weighted by atomic mass is 10.1. The van der Waals surface area contributed by atoms with Gasteiger partial charge in [0.2, 0.25) is 0 Å². The largest absolute Gasteiger partial charge is 0.316 e. The molecule has 2 fully saturated rings. The molecule has 3 heterocycles. The Morgan fingerprint density at radius 1 is 1.22 bits per heavy atom. The Morgan fingerprint density at radius 2 is 2.11 bits per heavy atom. The van der Waals surface area contributed by atoms with Crippen molar-refractivity contribution in [2.24, 2.45) is 0 Å². The average Bonchev–Trinajstić information content (AvgIpc) is 2.92. The van der Waals surface area contributed by atoms with E-state index < -0.39 is 0 Å². The highest BCUT2D eigenvalue weighted by Crippen LogP contribution is 2.37. The van der Waals surface area contributed by atoms with Crippen LogP contribution in [0.5, 0.6) is 0 Å². The van der Waals surface area contributed by atoms with Gasteiger partial charge in [0.15, 0.2) is 0 Å². The van der Waals surface area contributed by atoms with E-state index in [4.69, 9.17) is 0 Å². The molecule has 2 N–H and O–H groups in total. The van der Waals surface area contributed by atoms with Crippen molar-refractivity contribution in [2.45, 2.75) is 31.1 Å². The van der Waals surface area contributed by atoms with E-state index in [1.165, 1.54) is 4.52 Å². The van der Waals surface area contributed by atoms with E-state index in [1.807, 2.05) is 0 Å². The van der Waals surface area contributed by atoms with Crippen LogP contribution in [0.15, 0.2) is 10.9 Å². The molecule has 0 amide bonds. The SMILES string of the molecule is O=c1cc(C2CCNC2)nc2nc(C3CC3)[nH]n12. The lowest BCUT2D eigenvalue weighted by Crippen LogP contribution is -2.18. The summed E-state index contributed by atoms with van der Waals surface area (Å²) < 4.78 is 1.46. The van der Waals surface area contributed by atoms with Gasteiger partial charge < -0.3 is 5.32 Å². The van der Waals surface area contributed by atoms with Crippen LogP contribution >= 0.6 is 0 Å². The van der Waals surface area contributed by atoms with Gasteiger partial charge in [-0.2, -0.15) is 9.50 Å². The zero-order chi connectivity index (χ0) is 12.1. The van der Waals surface area contributed by atoms with Crippen LogP contribution in [-0.4, -0.2) is 32.7 Å². The molecule has 6 nitrogen and oxygen atoms in total. The molecule has 1 saturated carbocycles. The predicted molar refractivity (Wildman–Crippen MR) is 65.8 cm³/mol. The maximum Gasteiger partial charge on any atom is 0.274 e. The topological polar surface area (TPSA) is 75.1 Å². The summed E-state index contributed by atoms with van der Waals surface area (Å²) in [4.78, 5) is 21.0. The van der Waals surface area contributed by atoms with Crippen LogP contribution in [0.4, 0.5) is 0 Å². The number of aromatic amines is 1. The molecular formula is C12H15N5O. The standard InChI is InChI=1S/C12H15N5O/c18-10-5-9(8-3-4-13-6-8)14-12-15-11(7-1-2-7)16-17(10)12/h5,7-8,13H,1-4,6H2,(H,14,15,16). The summed E-state index contributed by atoms with van der Waals surface area (Å²) >= 11 is 0. The smallest absolute Gasteiger partial charge is 0.274 e. The van der Waals surface area contributed by atoms with Crippen molar-refractivity contribution in [3.8, 4) is 0 Å². The number of nitrogens with one attached hydrogen (secondary N) is 2. The minimum atomic E-state index is -0.0544. The van der Waals surface area contributed by atoms with Gasteiger partial charge in [0.05, 0.1) is 5.69 Å². The predicted octanol–water partition coefficient (Wildman–Crippen LogP) is 0.372. The van der Waals surface area contributed by atoms with Crippen molar-refractivity contribution in [2.75, 3.05) is 13.1 Å². The van der Waals surface area contributed by atoms with Crippen LogP contribution in [-0.2, 0) is 0 Å². The van der Waals surface area contributed by atoms with Gasteiger partial charge in [0.1, 0.15) is 5.82 Å². The molecular weight excluding hydrogens is 230 g/mol. The van der Waals surface area contributed by atoms with Gasteiger partial charge in [-0.3, -0.25) is 9.89 Å². The highest BCUT2D eigenvalue weighted by molar-refractivity contribution is 5.31. The molecule has 94 valence electrons. The van der Waals surface area contributed by atoms with Crippen molar-refractivity contribution < 1.29 is 0 Å². The third kappa shape index (κ3) is 1.56. The molecule has 4 rings (SSSR count). The number of H-pyrrole nitrogens is 1. The molecule has 0 radical (unpaired) electrons. The van der Waals surface area contributed by atoms with Crippen LogP contribution in [0, 0.1) is 0 Å². The molecule has 1 aliphatic heterocycles. The summed E-state index contributed by atoms with van der Waals surface area (Å²) in [6, 6.07) is 1.64. The van der Waals surface area contributed by atoms with Gasteiger partial charge in [-0.15, -0.1) is 0 Å². The lowest BCUT2D eigenvalue weighted by molar-refractivity contribution is 0.724. The van der Waals surface area contributed by atoms with E-state index in [9.17, 15) is 4.79 Å². The Hall–Kier alpha value is -1.69. The van der Waals surface area contributed by atoms with Gasteiger partial charge in [-0.25, -0.2) is 4.98 Å². The van der Waals surface area contributed by atoms with Gasteiger partial charge in [-0.05, 0) is 25.8 Å². The summed E-state index contributed by atoms with van der Waals surface area (Å²) in [7, 11) is 0. The van der Waals surface area contributed by atoms with Crippen molar-refractivity contribution in [3.63, 3.8) is 0 Å². The maximum atomic E-state index is 12.0. The second kappa shape index (κ2) is 3.65. The maximum absolute atomic E-state index is 12.0. The van der Waals surface area contributed by atoms with E-state index in [0.717, 1.165) is 43.9 Å². The number of aromatic nitrogens is 4. The number of rotatable bonds is 2. The summed E-state index contributed by atoms with van der Waals surface area (Å²) in [6.45, 7) is 1.90. The van der Waals surface area contributed by atoms with Crippen molar-refractivity contribution in [3.05, 3.63) is 27.9 Å². The summed E-state index contributed by atoms with van der Waals surface area (Å²) in [5.74, 6) is 2.28. The molecule has 1 saturated heterocycles. The number of hydrogen-bond acceptors (Lipinski definition) is 4. The molecule has 18 heavy (non-hydrogen) atoms. The van der Waals surface area contributed by atoms with Gasteiger partial charge >= 0.3 is 0 Å². The number of hydrogen-bond donors (Lipinski definition) is 2. The minimum Gasteiger partial charge on any atom is -0.316 e. The highest BCUT2D eigenvalue weighted by atomic mass is 16.1. The Labute approximate surface area is 103 Å². The molecule has 0 bridgehead atoms. The fourth-order valence-corrected chi connectivity index (χ4v) is 2.57.